The number of nitrogens with one attached hydrogen (secondary N) is 1. The van der Waals surface area contributed by atoms with E-state index in [9.17, 15) is 4.79 Å². The largest absolute Gasteiger partial charge is 0.330 e. The molecule has 92 valence electrons. The fourth-order valence-electron chi connectivity index (χ4n) is 2.05. The quantitative estimate of drug-likeness (QED) is 0.791. The molecule has 0 saturated heterocycles. The Morgan fingerprint density at radius 2 is 2.29 bits per heavy atom. The van der Waals surface area contributed by atoms with Gasteiger partial charge in [0, 0.05) is 37.8 Å². The lowest BCUT2D eigenvalue weighted by Gasteiger charge is -2.25. The molecule has 1 aliphatic heterocycles. The number of amides is 1. The van der Waals surface area contributed by atoms with Crippen LogP contribution in [0.25, 0.3) is 0 Å². The van der Waals surface area contributed by atoms with Crippen LogP contribution in [-0.2, 0) is 11.3 Å². The topological polar surface area (TPSA) is 58.4 Å². The molecule has 1 heterocycles. The number of hydrogen-bond donors (Lipinski definition) is 2. The minimum absolute atomic E-state index is 0.114. The number of nitrogens with zero attached hydrogens (tertiary/aromatic N) is 1. The highest BCUT2D eigenvalue weighted by Gasteiger charge is 2.23. The summed E-state index contributed by atoms with van der Waals surface area (Å²) in [6.45, 7) is 4.61. The van der Waals surface area contributed by atoms with E-state index in [0.717, 1.165) is 18.8 Å². The van der Waals surface area contributed by atoms with Gasteiger partial charge in [0.05, 0.1) is 0 Å². The third-order valence-electron chi connectivity index (χ3n) is 3.15. The van der Waals surface area contributed by atoms with Gasteiger partial charge in [-0.15, -0.1) is 0 Å². The van der Waals surface area contributed by atoms with Gasteiger partial charge in [-0.1, -0.05) is 25.1 Å². The van der Waals surface area contributed by atoms with E-state index >= 15 is 0 Å². The molecule has 1 aromatic rings. The van der Waals surface area contributed by atoms with Crippen molar-refractivity contribution in [1.82, 2.24) is 5.32 Å². The smallest absolute Gasteiger partial charge is 0.231 e. The van der Waals surface area contributed by atoms with Crippen molar-refractivity contribution in [1.29, 1.82) is 0 Å². The summed E-state index contributed by atoms with van der Waals surface area (Å²) in [5.41, 5.74) is 7.76. The molecule has 2 rings (SSSR count). The molecular weight excluding hydrogens is 214 g/mol. The van der Waals surface area contributed by atoms with E-state index in [1.807, 2.05) is 30.0 Å². The Morgan fingerprint density at radius 1 is 1.53 bits per heavy atom. The first-order valence-corrected chi connectivity index (χ1v) is 6.04. The molecule has 0 bridgehead atoms. The second kappa shape index (κ2) is 5.29. The van der Waals surface area contributed by atoms with Gasteiger partial charge in [-0.05, 0) is 11.6 Å². The number of fused-ring (bicyclic) bond motifs is 1. The summed E-state index contributed by atoms with van der Waals surface area (Å²) in [6.07, 6.45) is 0. The summed E-state index contributed by atoms with van der Waals surface area (Å²) in [6, 6.07) is 8.03. The van der Waals surface area contributed by atoms with Crippen LogP contribution in [0.4, 0.5) is 5.69 Å². The van der Waals surface area contributed by atoms with Crippen LogP contribution in [0.3, 0.4) is 0 Å². The monoisotopic (exact) mass is 233 g/mol. The van der Waals surface area contributed by atoms with Crippen LogP contribution in [0.5, 0.6) is 0 Å². The van der Waals surface area contributed by atoms with Crippen LogP contribution < -0.4 is 16.0 Å². The number of carbonyl (C=O) groups excluding carboxylic acids is 1. The summed E-state index contributed by atoms with van der Waals surface area (Å²) in [4.78, 5) is 14.1. The molecule has 17 heavy (non-hydrogen) atoms. The summed E-state index contributed by atoms with van der Waals surface area (Å²) >= 11 is 0. The number of anilines is 1. The van der Waals surface area contributed by atoms with Crippen molar-refractivity contribution in [3.8, 4) is 0 Å². The van der Waals surface area contributed by atoms with Crippen LogP contribution in [0.15, 0.2) is 24.3 Å². The molecule has 4 nitrogen and oxygen atoms in total. The molecule has 0 aliphatic carbocycles. The zero-order valence-corrected chi connectivity index (χ0v) is 10.1. The van der Waals surface area contributed by atoms with Crippen LogP contribution in [0.2, 0.25) is 0 Å². The fourth-order valence-corrected chi connectivity index (χ4v) is 2.05. The third kappa shape index (κ3) is 2.48. The van der Waals surface area contributed by atoms with Gasteiger partial charge in [-0.25, -0.2) is 0 Å². The number of benzene rings is 1. The first-order valence-electron chi connectivity index (χ1n) is 6.04. The molecule has 4 heteroatoms. The number of hydrogen-bond acceptors (Lipinski definition) is 3. The second-order valence-corrected chi connectivity index (χ2v) is 4.43. The Morgan fingerprint density at radius 3 is 3.06 bits per heavy atom. The van der Waals surface area contributed by atoms with Crippen molar-refractivity contribution in [3.63, 3.8) is 0 Å². The van der Waals surface area contributed by atoms with Crippen LogP contribution in [0, 0.1) is 5.92 Å². The predicted molar refractivity (Wildman–Crippen MR) is 68.7 cm³/mol. The van der Waals surface area contributed by atoms with Crippen molar-refractivity contribution < 1.29 is 4.79 Å². The van der Waals surface area contributed by atoms with Crippen molar-refractivity contribution in [3.05, 3.63) is 29.8 Å². The van der Waals surface area contributed by atoms with Crippen molar-refractivity contribution in [2.75, 3.05) is 24.5 Å². The van der Waals surface area contributed by atoms with Crippen molar-refractivity contribution in [2.24, 2.45) is 11.7 Å². The first kappa shape index (κ1) is 12.1. The van der Waals surface area contributed by atoms with Crippen LogP contribution >= 0.6 is 0 Å². The molecule has 0 aromatic heterocycles. The number of carbonyl (C=O) groups is 1. The van der Waals surface area contributed by atoms with Crippen LogP contribution in [0.1, 0.15) is 12.5 Å². The maximum atomic E-state index is 12.3. The Hall–Kier alpha value is -1.39. The predicted octanol–water partition coefficient (Wildman–Crippen LogP) is 0.718. The molecule has 0 radical (unpaired) electrons. The Kier molecular flexibility index (Phi) is 3.76. The highest BCUT2D eigenvalue weighted by Crippen LogP contribution is 2.23. The third-order valence-corrected chi connectivity index (χ3v) is 3.15. The molecule has 1 aromatic carbocycles. The minimum atomic E-state index is -0.124. The average Bonchev–Trinajstić information content (AvgIpc) is 2.59. The summed E-state index contributed by atoms with van der Waals surface area (Å²) in [5.74, 6) is -0.00944. The van der Waals surface area contributed by atoms with E-state index in [1.54, 1.807) is 0 Å². The van der Waals surface area contributed by atoms with E-state index in [0.29, 0.717) is 13.1 Å². The Balaban J connectivity index is 2.31. The molecule has 0 saturated carbocycles. The standard InChI is InChI=1S/C13H19N3O/c1-10(8-14)13(17)16-7-6-15-9-11-4-2-3-5-12(11)16/h2-5,10,15H,6-9,14H2,1H3. The maximum Gasteiger partial charge on any atom is 0.231 e. The van der Waals surface area contributed by atoms with E-state index < -0.39 is 0 Å². The normalized spacial score (nSPS) is 17.2. The average molecular weight is 233 g/mol. The molecule has 1 unspecified atom stereocenters. The van der Waals surface area contributed by atoms with E-state index in [4.69, 9.17) is 5.73 Å². The SMILES string of the molecule is CC(CN)C(=O)N1CCNCc2ccccc21. The minimum Gasteiger partial charge on any atom is -0.330 e. The van der Waals surface area contributed by atoms with Gasteiger partial charge in [-0.3, -0.25) is 4.79 Å². The van der Waals surface area contributed by atoms with Crippen molar-refractivity contribution in [2.45, 2.75) is 13.5 Å². The van der Waals surface area contributed by atoms with Crippen LogP contribution in [-0.4, -0.2) is 25.5 Å². The highest BCUT2D eigenvalue weighted by molar-refractivity contribution is 5.95. The van der Waals surface area contributed by atoms with E-state index in [1.165, 1.54) is 5.56 Å². The molecule has 0 fully saturated rings. The Bertz CT molecular complexity index is 405. The highest BCUT2D eigenvalue weighted by atomic mass is 16.2. The lowest BCUT2D eigenvalue weighted by Crippen LogP contribution is -2.40. The Labute approximate surface area is 102 Å². The first-order chi connectivity index (χ1) is 8.24. The molecular formula is C13H19N3O. The van der Waals surface area contributed by atoms with Gasteiger partial charge in [0.2, 0.25) is 5.91 Å². The van der Waals surface area contributed by atoms with Gasteiger partial charge in [0.15, 0.2) is 0 Å². The number of para-hydroxylation sites is 1. The van der Waals surface area contributed by atoms with Crippen molar-refractivity contribution >= 4 is 11.6 Å². The second-order valence-electron chi connectivity index (χ2n) is 4.43. The lowest BCUT2D eigenvalue weighted by molar-refractivity contribution is -0.121. The number of rotatable bonds is 2. The lowest BCUT2D eigenvalue weighted by atomic mass is 10.1. The molecule has 0 spiro atoms. The fraction of sp³-hybridized carbons (Fsp3) is 0.462. The van der Waals surface area contributed by atoms with E-state index in [-0.39, 0.29) is 11.8 Å². The number of nitrogens with two attached hydrogens (primary N) is 1. The summed E-state index contributed by atoms with van der Waals surface area (Å²) in [5, 5.41) is 3.32. The maximum absolute atomic E-state index is 12.3. The van der Waals surface area contributed by atoms with Gasteiger partial charge in [0.1, 0.15) is 0 Å². The summed E-state index contributed by atoms with van der Waals surface area (Å²) in [7, 11) is 0. The van der Waals surface area contributed by atoms with Gasteiger partial charge in [0.25, 0.3) is 0 Å². The van der Waals surface area contributed by atoms with Gasteiger partial charge in [-0.2, -0.15) is 0 Å². The molecule has 1 atom stereocenters. The van der Waals surface area contributed by atoms with Gasteiger partial charge >= 0.3 is 0 Å². The van der Waals surface area contributed by atoms with E-state index in [2.05, 4.69) is 11.4 Å². The molecule has 1 amide bonds. The zero-order chi connectivity index (χ0) is 12.3. The summed E-state index contributed by atoms with van der Waals surface area (Å²) < 4.78 is 0. The molecule has 3 N–H and O–H groups in total. The zero-order valence-electron chi connectivity index (χ0n) is 10.1. The molecule has 1 aliphatic rings. The van der Waals surface area contributed by atoms with Gasteiger partial charge < -0.3 is 16.0 Å².